The van der Waals surface area contributed by atoms with E-state index >= 15 is 0 Å². The minimum absolute atomic E-state index is 0.173. The smallest absolute Gasteiger partial charge is 0.273 e. The number of nitrogens with one attached hydrogen (secondary N) is 1. The van der Waals surface area contributed by atoms with E-state index in [1.807, 2.05) is 48.5 Å². The summed E-state index contributed by atoms with van der Waals surface area (Å²) in [6.07, 6.45) is 1.23. The molecule has 2 aromatic carbocycles. The Hall–Kier alpha value is -3.35. The summed E-state index contributed by atoms with van der Waals surface area (Å²) in [4.78, 5) is 21.9. The van der Waals surface area contributed by atoms with Gasteiger partial charge in [0.15, 0.2) is 5.71 Å². The van der Waals surface area contributed by atoms with E-state index in [9.17, 15) is 4.79 Å². The molecule has 1 amide bonds. The number of nitrogens with zero attached hydrogens (tertiary/aromatic N) is 2. The van der Waals surface area contributed by atoms with E-state index < -0.39 is 0 Å². The molecular formula is C19H21N3O4. The summed E-state index contributed by atoms with van der Waals surface area (Å²) >= 11 is 0. The van der Waals surface area contributed by atoms with Gasteiger partial charge in [0.1, 0.15) is 20.3 Å². The molecule has 1 N–H and O–H groups in total. The molecule has 0 aliphatic heterocycles. The second-order valence-electron chi connectivity index (χ2n) is 5.14. The molecule has 0 saturated carbocycles. The first kappa shape index (κ1) is 19.0. The van der Waals surface area contributed by atoms with E-state index in [4.69, 9.17) is 14.4 Å². The molecule has 0 bridgehead atoms. The Morgan fingerprint density at radius 2 is 1.81 bits per heavy atom. The molecule has 7 nitrogen and oxygen atoms in total. The van der Waals surface area contributed by atoms with Gasteiger partial charge < -0.3 is 19.7 Å². The molecule has 7 heteroatoms. The molecule has 0 saturated heterocycles. The van der Waals surface area contributed by atoms with Crippen LogP contribution in [0, 0.1) is 0 Å². The van der Waals surface area contributed by atoms with Crippen molar-refractivity contribution in [3.63, 3.8) is 0 Å². The first-order valence-corrected chi connectivity index (χ1v) is 7.97. The Balaban J connectivity index is 1.94. The zero-order valence-electron chi connectivity index (χ0n) is 14.7. The maximum absolute atomic E-state index is 12.0. The Morgan fingerprint density at radius 3 is 2.54 bits per heavy atom. The van der Waals surface area contributed by atoms with E-state index in [1.54, 1.807) is 6.07 Å². The van der Waals surface area contributed by atoms with Gasteiger partial charge in [-0.15, -0.1) is 0 Å². The van der Waals surface area contributed by atoms with Crippen molar-refractivity contribution in [1.82, 2.24) is 5.32 Å². The quantitative estimate of drug-likeness (QED) is 0.426. The Bertz CT molecular complexity index is 760. The van der Waals surface area contributed by atoms with Crippen molar-refractivity contribution < 1.29 is 19.2 Å². The van der Waals surface area contributed by atoms with Gasteiger partial charge in [0, 0.05) is 12.6 Å². The molecular weight excluding hydrogens is 334 g/mol. The topological polar surface area (TPSA) is 81.5 Å². The lowest BCUT2D eigenvalue weighted by Gasteiger charge is -2.10. The lowest BCUT2D eigenvalue weighted by atomic mass is 10.0. The summed E-state index contributed by atoms with van der Waals surface area (Å²) in [6.45, 7) is 0.562. The molecule has 0 spiro atoms. The fourth-order valence-corrected chi connectivity index (χ4v) is 2.17. The van der Waals surface area contributed by atoms with Crippen molar-refractivity contribution in [2.24, 2.45) is 10.3 Å². The predicted octanol–water partition coefficient (Wildman–Crippen LogP) is 2.46. The maximum Gasteiger partial charge on any atom is 0.273 e. The van der Waals surface area contributed by atoms with Crippen LogP contribution in [0.25, 0.3) is 0 Å². The summed E-state index contributed by atoms with van der Waals surface area (Å²) in [5.74, 6) is -0.348. The molecule has 2 aromatic rings. The molecule has 136 valence electrons. The zero-order valence-corrected chi connectivity index (χ0v) is 14.7. The molecule has 0 unspecified atom stereocenters. The van der Waals surface area contributed by atoms with Gasteiger partial charge in [-0.1, -0.05) is 64.9 Å². The van der Waals surface area contributed by atoms with Crippen LogP contribution in [0.5, 0.6) is 0 Å². The monoisotopic (exact) mass is 355 g/mol. The van der Waals surface area contributed by atoms with E-state index in [0.717, 1.165) is 11.1 Å². The third-order valence-corrected chi connectivity index (χ3v) is 3.40. The number of likely N-dealkylation sites (N-methyl/N-ethyl adjacent to an activating group) is 1. The second kappa shape index (κ2) is 10.5. The van der Waals surface area contributed by atoms with Crippen molar-refractivity contribution in [3.05, 3.63) is 71.3 Å². The van der Waals surface area contributed by atoms with Gasteiger partial charge in [-0.2, -0.15) is 0 Å². The highest BCUT2D eigenvalue weighted by atomic mass is 16.6. The number of amides is 1. The predicted molar refractivity (Wildman–Crippen MR) is 98.6 cm³/mol. The van der Waals surface area contributed by atoms with Crippen LogP contribution in [0.4, 0.5) is 0 Å². The van der Waals surface area contributed by atoms with Crippen molar-refractivity contribution in [2.75, 3.05) is 14.2 Å². The molecule has 2 rings (SSSR count). The first-order chi connectivity index (χ1) is 12.8. The Morgan fingerprint density at radius 1 is 1.08 bits per heavy atom. The number of hydrogen-bond acceptors (Lipinski definition) is 6. The van der Waals surface area contributed by atoms with Gasteiger partial charge in [-0.05, 0) is 11.1 Å². The lowest BCUT2D eigenvalue weighted by molar-refractivity contribution is -0.114. The number of oxime groups is 2. The molecule has 0 aliphatic rings. The highest BCUT2D eigenvalue weighted by Gasteiger charge is 2.17. The van der Waals surface area contributed by atoms with E-state index in [2.05, 4.69) is 15.6 Å². The van der Waals surface area contributed by atoms with E-state index in [1.165, 1.54) is 20.6 Å². The highest BCUT2D eigenvalue weighted by Crippen LogP contribution is 2.12. The largest absolute Gasteiger partial charge is 0.476 e. The number of rotatable bonds is 9. The van der Waals surface area contributed by atoms with Crippen LogP contribution in [-0.2, 0) is 32.4 Å². The van der Waals surface area contributed by atoms with E-state index in [0.29, 0.717) is 12.2 Å². The summed E-state index contributed by atoms with van der Waals surface area (Å²) in [6, 6.07) is 17.0. The number of benzene rings is 2. The summed E-state index contributed by atoms with van der Waals surface area (Å²) in [5.41, 5.74) is 2.57. The fourth-order valence-electron chi connectivity index (χ4n) is 2.17. The van der Waals surface area contributed by atoms with Gasteiger partial charge >= 0.3 is 0 Å². The standard InChI is InChI=1S/C19H21N3O4/c1-20-19(23)18(22-24-2)17-11-7-6-10-16(17)13-25-14-21-26-12-15-8-4-3-5-9-15/h3-11,14H,12-13H2,1-2H3,(H,20,23). The van der Waals surface area contributed by atoms with E-state index in [-0.39, 0.29) is 18.2 Å². The van der Waals surface area contributed by atoms with Crippen LogP contribution < -0.4 is 5.32 Å². The molecule has 0 heterocycles. The molecule has 0 aromatic heterocycles. The highest BCUT2D eigenvalue weighted by molar-refractivity contribution is 6.45. The van der Waals surface area contributed by atoms with Gasteiger partial charge in [0.2, 0.25) is 6.40 Å². The van der Waals surface area contributed by atoms with Gasteiger partial charge in [0.25, 0.3) is 5.91 Å². The van der Waals surface area contributed by atoms with Crippen LogP contribution in [0.15, 0.2) is 64.9 Å². The number of hydrogen-bond donors (Lipinski definition) is 1. The zero-order chi connectivity index (χ0) is 18.6. The SMILES string of the molecule is CNC(=O)C(=NOC)c1ccccc1COC=NOCc1ccccc1. The van der Waals surface area contributed by atoms with Crippen LogP contribution in [-0.4, -0.2) is 32.2 Å². The average molecular weight is 355 g/mol. The number of ether oxygens (including phenoxy) is 1. The van der Waals surface area contributed by atoms with Crippen molar-refractivity contribution in [2.45, 2.75) is 13.2 Å². The third-order valence-electron chi connectivity index (χ3n) is 3.40. The maximum atomic E-state index is 12.0. The second-order valence-corrected chi connectivity index (χ2v) is 5.14. The molecule has 0 radical (unpaired) electrons. The van der Waals surface area contributed by atoms with Crippen LogP contribution in [0.3, 0.4) is 0 Å². The van der Waals surface area contributed by atoms with Crippen molar-refractivity contribution in [3.8, 4) is 0 Å². The molecule has 26 heavy (non-hydrogen) atoms. The minimum atomic E-state index is -0.348. The summed E-state index contributed by atoms with van der Waals surface area (Å²) in [7, 11) is 2.92. The molecule has 0 fully saturated rings. The Labute approximate surface area is 152 Å². The van der Waals surface area contributed by atoms with Crippen molar-refractivity contribution >= 4 is 18.0 Å². The number of carbonyl (C=O) groups excluding carboxylic acids is 1. The van der Waals surface area contributed by atoms with Gasteiger partial charge in [-0.25, -0.2) is 0 Å². The summed E-state index contributed by atoms with van der Waals surface area (Å²) in [5, 5.41) is 10.1. The lowest BCUT2D eigenvalue weighted by Crippen LogP contribution is -2.29. The van der Waals surface area contributed by atoms with Crippen LogP contribution in [0.2, 0.25) is 0 Å². The molecule has 0 atom stereocenters. The van der Waals surface area contributed by atoms with Gasteiger partial charge in [0.05, 0.1) is 0 Å². The van der Waals surface area contributed by atoms with Crippen LogP contribution in [0.1, 0.15) is 16.7 Å². The fraction of sp³-hybridized carbons (Fsp3) is 0.211. The van der Waals surface area contributed by atoms with Crippen LogP contribution >= 0.6 is 0 Å². The average Bonchev–Trinajstić information content (AvgIpc) is 2.69. The first-order valence-electron chi connectivity index (χ1n) is 7.97. The van der Waals surface area contributed by atoms with Gasteiger partial charge in [-0.3, -0.25) is 4.79 Å². The third kappa shape index (κ3) is 5.62. The molecule has 0 aliphatic carbocycles. The minimum Gasteiger partial charge on any atom is -0.476 e. The summed E-state index contributed by atoms with van der Waals surface area (Å²) < 4.78 is 5.40. The Kier molecular flexibility index (Phi) is 7.67. The normalized spacial score (nSPS) is 11.2. The van der Waals surface area contributed by atoms with Crippen molar-refractivity contribution in [1.29, 1.82) is 0 Å². The number of carbonyl (C=O) groups is 1.